The first-order valence-corrected chi connectivity index (χ1v) is 9.38. The molecule has 1 aromatic heterocycles. The minimum absolute atomic E-state index is 0.217. The quantitative estimate of drug-likeness (QED) is 0.630. The highest BCUT2D eigenvalue weighted by Gasteiger charge is 2.17. The van der Waals surface area contributed by atoms with Crippen molar-refractivity contribution in [2.75, 3.05) is 5.32 Å². The molecule has 1 heterocycles. The number of hydrogen-bond donors (Lipinski definition) is 2. The van der Waals surface area contributed by atoms with E-state index in [4.69, 9.17) is 9.15 Å². The number of amides is 2. The minimum Gasteiger partial charge on any atom is -0.480 e. The molecule has 6 heteroatoms. The van der Waals surface area contributed by atoms with Gasteiger partial charge in [0.25, 0.3) is 11.8 Å². The summed E-state index contributed by atoms with van der Waals surface area (Å²) in [5.74, 6) is 0.924. The molecule has 0 spiro atoms. The average molecular weight is 392 g/mol. The number of rotatable bonds is 7. The normalized spacial score (nSPS) is 11.6. The van der Waals surface area contributed by atoms with E-state index in [1.807, 2.05) is 32.0 Å². The van der Waals surface area contributed by atoms with Gasteiger partial charge in [0, 0.05) is 11.3 Å². The van der Waals surface area contributed by atoms with Gasteiger partial charge in [-0.1, -0.05) is 18.2 Å². The monoisotopic (exact) mass is 392 g/mol. The molecule has 29 heavy (non-hydrogen) atoms. The first-order chi connectivity index (χ1) is 13.9. The van der Waals surface area contributed by atoms with Gasteiger partial charge in [-0.05, 0) is 68.3 Å². The van der Waals surface area contributed by atoms with Crippen LogP contribution in [0, 0.1) is 13.8 Å². The van der Waals surface area contributed by atoms with Crippen LogP contribution in [0.25, 0.3) is 0 Å². The smallest absolute Gasteiger partial charge is 0.265 e. The number of ether oxygens (including phenoxy) is 1. The maximum atomic E-state index is 12.5. The number of aryl methyl sites for hydroxylation is 2. The third-order valence-corrected chi connectivity index (χ3v) is 4.49. The van der Waals surface area contributed by atoms with E-state index in [1.54, 1.807) is 49.6 Å². The first kappa shape index (κ1) is 20.2. The summed E-state index contributed by atoms with van der Waals surface area (Å²) in [5, 5.41) is 5.59. The summed E-state index contributed by atoms with van der Waals surface area (Å²) in [4.78, 5) is 24.7. The highest BCUT2D eigenvalue weighted by atomic mass is 16.5. The molecule has 1 unspecified atom stereocenters. The molecule has 0 aliphatic rings. The van der Waals surface area contributed by atoms with Crippen LogP contribution in [0.2, 0.25) is 0 Å². The molecule has 2 aromatic carbocycles. The van der Waals surface area contributed by atoms with Gasteiger partial charge in [-0.3, -0.25) is 9.59 Å². The number of carbonyl (C=O) groups is 2. The second-order valence-corrected chi connectivity index (χ2v) is 6.81. The van der Waals surface area contributed by atoms with Crippen molar-refractivity contribution in [2.24, 2.45) is 0 Å². The van der Waals surface area contributed by atoms with Gasteiger partial charge in [0.2, 0.25) is 0 Å². The summed E-state index contributed by atoms with van der Waals surface area (Å²) in [6, 6.07) is 16.1. The summed E-state index contributed by atoms with van der Waals surface area (Å²) in [6.07, 6.45) is 0.899. The summed E-state index contributed by atoms with van der Waals surface area (Å²) >= 11 is 0. The van der Waals surface area contributed by atoms with Crippen molar-refractivity contribution in [3.05, 3.63) is 83.3 Å². The lowest BCUT2D eigenvalue weighted by Gasteiger charge is -2.18. The zero-order valence-corrected chi connectivity index (χ0v) is 16.7. The molecular formula is C23H24N2O4. The number of carbonyl (C=O) groups excluding carboxylic acids is 2. The fraction of sp³-hybridized carbons (Fsp3) is 0.217. The van der Waals surface area contributed by atoms with Gasteiger partial charge in [-0.2, -0.15) is 0 Å². The van der Waals surface area contributed by atoms with E-state index >= 15 is 0 Å². The van der Waals surface area contributed by atoms with Crippen LogP contribution in [0.1, 0.15) is 34.2 Å². The Kier molecular flexibility index (Phi) is 6.34. The number of furan rings is 1. The lowest BCUT2D eigenvalue weighted by atomic mass is 10.1. The van der Waals surface area contributed by atoms with Crippen molar-refractivity contribution < 1.29 is 18.7 Å². The van der Waals surface area contributed by atoms with Crippen molar-refractivity contribution in [3.63, 3.8) is 0 Å². The van der Waals surface area contributed by atoms with Gasteiger partial charge in [0.1, 0.15) is 11.5 Å². The van der Waals surface area contributed by atoms with Gasteiger partial charge in [0.05, 0.1) is 12.8 Å². The lowest BCUT2D eigenvalue weighted by molar-refractivity contribution is -0.122. The summed E-state index contributed by atoms with van der Waals surface area (Å²) in [7, 11) is 0. The SMILES string of the molecule is Cc1cccc(C)c1OC(C)C(=O)Nc1ccc(C(=O)NCc2ccco2)cc1. The number of nitrogens with one attached hydrogen (secondary N) is 2. The number of para-hydroxylation sites is 1. The summed E-state index contributed by atoms with van der Waals surface area (Å²) in [6.45, 7) is 5.92. The molecule has 3 aromatic rings. The highest BCUT2D eigenvalue weighted by Crippen LogP contribution is 2.24. The van der Waals surface area contributed by atoms with Crippen molar-refractivity contribution in [1.29, 1.82) is 0 Å². The third kappa shape index (κ3) is 5.25. The summed E-state index contributed by atoms with van der Waals surface area (Å²) < 4.78 is 11.0. The molecule has 150 valence electrons. The Labute approximate surface area is 169 Å². The molecule has 3 rings (SSSR count). The van der Waals surface area contributed by atoms with E-state index in [1.165, 1.54) is 0 Å². The Morgan fingerprint density at radius 3 is 2.31 bits per heavy atom. The molecule has 0 bridgehead atoms. The van der Waals surface area contributed by atoms with Crippen LogP contribution in [-0.4, -0.2) is 17.9 Å². The van der Waals surface area contributed by atoms with E-state index < -0.39 is 6.10 Å². The van der Waals surface area contributed by atoms with Gasteiger partial charge < -0.3 is 19.8 Å². The number of benzene rings is 2. The van der Waals surface area contributed by atoms with Gasteiger partial charge in [0.15, 0.2) is 6.10 Å². The average Bonchev–Trinajstić information content (AvgIpc) is 3.23. The predicted molar refractivity (Wildman–Crippen MR) is 111 cm³/mol. The molecule has 0 aliphatic carbocycles. The van der Waals surface area contributed by atoms with E-state index in [-0.39, 0.29) is 11.8 Å². The molecular weight excluding hydrogens is 368 g/mol. The Hall–Kier alpha value is -3.54. The van der Waals surface area contributed by atoms with Crippen LogP contribution in [0.4, 0.5) is 5.69 Å². The highest BCUT2D eigenvalue weighted by molar-refractivity contribution is 5.96. The molecule has 2 amide bonds. The molecule has 2 N–H and O–H groups in total. The fourth-order valence-corrected chi connectivity index (χ4v) is 2.85. The Bertz CT molecular complexity index is 958. The number of anilines is 1. The predicted octanol–water partition coefficient (Wildman–Crippen LogP) is 4.23. The third-order valence-electron chi connectivity index (χ3n) is 4.49. The largest absolute Gasteiger partial charge is 0.480 e. The Morgan fingerprint density at radius 1 is 1.00 bits per heavy atom. The number of hydrogen-bond acceptors (Lipinski definition) is 4. The van der Waals surface area contributed by atoms with Crippen LogP contribution >= 0.6 is 0 Å². The zero-order valence-electron chi connectivity index (χ0n) is 16.7. The van der Waals surface area contributed by atoms with Gasteiger partial charge in [-0.15, -0.1) is 0 Å². The molecule has 6 nitrogen and oxygen atoms in total. The van der Waals surface area contributed by atoms with Crippen molar-refractivity contribution in [2.45, 2.75) is 33.4 Å². The van der Waals surface area contributed by atoms with Crippen LogP contribution in [-0.2, 0) is 11.3 Å². The molecule has 1 atom stereocenters. The topological polar surface area (TPSA) is 80.6 Å². The maximum absolute atomic E-state index is 12.5. The zero-order chi connectivity index (χ0) is 20.8. The Balaban J connectivity index is 1.55. The van der Waals surface area contributed by atoms with Crippen molar-refractivity contribution in [1.82, 2.24) is 5.32 Å². The van der Waals surface area contributed by atoms with Gasteiger partial charge in [-0.25, -0.2) is 0 Å². The Morgan fingerprint density at radius 2 is 1.69 bits per heavy atom. The van der Waals surface area contributed by atoms with Crippen LogP contribution in [0.3, 0.4) is 0 Å². The maximum Gasteiger partial charge on any atom is 0.265 e. The second-order valence-electron chi connectivity index (χ2n) is 6.81. The van der Waals surface area contributed by atoms with E-state index in [0.29, 0.717) is 23.6 Å². The molecule has 0 aliphatic heterocycles. The van der Waals surface area contributed by atoms with Crippen LogP contribution in [0.15, 0.2) is 65.3 Å². The van der Waals surface area contributed by atoms with E-state index in [0.717, 1.165) is 16.9 Å². The fourth-order valence-electron chi connectivity index (χ4n) is 2.85. The van der Waals surface area contributed by atoms with E-state index in [2.05, 4.69) is 10.6 Å². The van der Waals surface area contributed by atoms with Crippen LogP contribution < -0.4 is 15.4 Å². The van der Waals surface area contributed by atoms with Crippen molar-refractivity contribution >= 4 is 17.5 Å². The van der Waals surface area contributed by atoms with Crippen LogP contribution in [0.5, 0.6) is 5.75 Å². The van der Waals surface area contributed by atoms with E-state index in [9.17, 15) is 9.59 Å². The second kappa shape index (κ2) is 9.10. The molecule has 0 saturated carbocycles. The first-order valence-electron chi connectivity index (χ1n) is 9.38. The van der Waals surface area contributed by atoms with Crippen molar-refractivity contribution in [3.8, 4) is 5.75 Å². The molecule has 0 saturated heterocycles. The molecule has 0 fully saturated rings. The standard InChI is InChI=1S/C23H24N2O4/c1-15-6-4-7-16(2)21(15)29-17(3)22(26)25-19-11-9-18(10-12-19)23(27)24-14-20-8-5-13-28-20/h4-13,17H,14H2,1-3H3,(H,24,27)(H,25,26). The van der Waals surface area contributed by atoms with Gasteiger partial charge >= 0.3 is 0 Å². The summed E-state index contributed by atoms with van der Waals surface area (Å²) in [5.41, 5.74) is 3.05. The molecule has 0 radical (unpaired) electrons. The minimum atomic E-state index is -0.661. The lowest BCUT2D eigenvalue weighted by Crippen LogP contribution is -2.30.